The van der Waals surface area contributed by atoms with Gasteiger partial charge in [-0.3, -0.25) is 9.59 Å². The maximum Gasteiger partial charge on any atom is 0.251 e. The molecular weight excluding hydrogens is 331 g/mol. The van der Waals surface area contributed by atoms with Crippen LogP contribution in [-0.4, -0.2) is 37.2 Å². The van der Waals surface area contributed by atoms with Crippen molar-refractivity contribution in [2.24, 2.45) is 0 Å². The molecule has 0 fully saturated rings. The second-order valence-corrected chi connectivity index (χ2v) is 6.65. The molecule has 0 aliphatic heterocycles. The second kappa shape index (κ2) is 7.52. The molecule has 0 aromatic heterocycles. The highest BCUT2D eigenvalue weighted by Crippen LogP contribution is 2.27. The van der Waals surface area contributed by atoms with Crippen molar-refractivity contribution < 1.29 is 14.0 Å². The molecule has 3 rings (SSSR count). The Morgan fingerprint density at radius 2 is 1.88 bits per heavy atom. The first-order chi connectivity index (χ1) is 12.5. The first-order valence-corrected chi connectivity index (χ1v) is 8.49. The number of carbonyl (C=O) groups excluding carboxylic acids is 2. The van der Waals surface area contributed by atoms with Crippen LogP contribution in [0.1, 0.15) is 27.0 Å². The summed E-state index contributed by atoms with van der Waals surface area (Å²) in [6.45, 7) is 0. The zero-order valence-corrected chi connectivity index (χ0v) is 14.8. The number of hydrogen-bond acceptors (Lipinski definition) is 3. The minimum Gasteiger partial charge on any atom is -0.375 e. The van der Waals surface area contributed by atoms with Crippen LogP contribution in [0.5, 0.6) is 0 Å². The molecule has 1 atom stereocenters. The predicted molar refractivity (Wildman–Crippen MR) is 99.2 cm³/mol. The quantitative estimate of drug-likeness (QED) is 0.665. The molecule has 5 heteroatoms. The number of benzene rings is 2. The van der Waals surface area contributed by atoms with Crippen molar-refractivity contribution >= 4 is 18.3 Å². The highest BCUT2D eigenvalue weighted by Gasteiger charge is 2.25. The topological polar surface area (TPSA) is 49.4 Å². The number of aldehydes is 1. The summed E-state index contributed by atoms with van der Waals surface area (Å²) in [5.74, 6) is -0.570. The normalized spacial score (nSPS) is 16.1. The smallest absolute Gasteiger partial charge is 0.251 e. The molecule has 0 heterocycles. The summed E-state index contributed by atoms with van der Waals surface area (Å²) in [6, 6.07) is 11.5. The van der Waals surface area contributed by atoms with Crippen LogP contribution in [0.3, 0.4) is 0 Å². The standard InChI is InChI=1S/C21H21FN2O2/c1-24(2)19(13-25)11-16-5-3-4-15-10-18(12-20(15)16)23-21(26)14-6-8-17(22)9-7-14/h3-9,11,13,18H,10,12H2,1-2H3,(H,23,26). The molecule has 0 saturated carbocycles. The molecule has 4 nitrogen and oxygen atoms in total. The Kier molecular flexibility index (Phi) is 5.16. The molecule has 1 amide bonds. The fourth-order valence-corrected chi connectivity index (χ4v) is 3.21. The molecule has 1 unspecified atom stereocenters. The lowest BCUT2D eigenvalue weighted by Gasteiger charge is -2.13. The number of nitrogens with one attached hydrogen (secondary N) is 1. The number of halogens is 1. The summed E-state index contributed by atoms with van der Waals surface area (Å²) in [4.78, 5) is 25.4. The monoisotopic (exact) mass is 352 g/mol. The van der Waals surface area contributed by atoms with E-state index in [4.69, 9.17) is 0 Å². The number of hydrogen-bond donors (Lipinski definition) is 1. The molecule has 2 aromatic carbocycles. The van der Waals surface area contributed by atoms with Gasteiger partial charge in [0.25, 0.3) is 5.91 Å². The van der Waals surface area contributed by atoms with Gasteiger partial charge in [-0.2, -0.15) is 0 Å². The van der Waals surface area contributed by atoms with Gasteiger partial charge >= 0.3 is 0 Å². The van der Waals surface area contributed by atoms with Gasteiger partial charge in [0.05, 0.1) is 5.70 Å². The Hall–Kier alpha value is -2.95. The maximum absolute atomic E-state index is 13.0. The zero-order valence-electron chi connectivity index (χ0n) is 14.8. The molecule has 26 heavy (non-hydrogen) atoms. The summed E-state index contributed by atoms with van der Waals surface area (Å²) in [5.41, 5.74) is 4.36. The average molecular weight is 352 g/mol. The van der Waals surface area contributed by atoms with Crippen LogP contribution in [0, 0.1) is 5.82 Å². The van der Waals surface area contributed by atoms with Gasteiger partial charge in [0.2, 0.25) is 0 Å². The van der Waals surface area contributed by atoms with E-state index in [2.05, 4.69) is 5.32 Å². The van der Waals surface area contributed by atoms with E-state index in [1.807, 2.05) is 38.4 Å². The van der Waals surface area contributed by atoms with Crippen LogP contribution in [0.15, 0.2) is 48.2 Å². The molecule has 1 aliphatic carbocycles. The van der Waals surface area contributed by atoms with Crippen molar-refractivity contribution in [1.82, 2.24) is 10.2 Å². The summed E-state index contributed by atoms with van der Waals surface area (Å²) in [7, 11) is 3.66. The van der Waals surface area contributed by atoms with Crippen molar-refractivity contribution in [3.63, 3.8) is 0 Å². The minimum atomic E-state index is -0.363. The van der Waals surface area contributed by atoms with E-state index in [1.165, 1.54) is 29.8 Å². The molecule has 0 saturated heterocycles. The van der Waals surface area contributed by atoms with Gasteiger partial charge in [0, 0.05) is 25.7 Å². The summed E-state index contributed by atoms with van der Waals surface area (Å²) in [5, 5.41) is 3.02. The van der Waals surface area contributed by atoms with E-state index >= 15 is 0 Å². The van der Waals surface area contributed by atoms with Crippen molar-refractivity contribution in [3.8, 4) is 0 Å². The molecular formula is C21H21FN2O2. The Labute approximate surface area is 152 Å². The van der Waals surface area contributed by atoms with Crippen molar-refractivity contribution in [2.45, 2.75) is 18.9 Å². The number of nitrogens with zero attached hydrogens (tertiary/aromatic N) is 1. The Morgan fingerprint density at radius 3 is 2.54 bits per heavy atom. The number of allylic oxidation sites excluding steroid dienone is 1. The number of likely N-dealkylation sites (N-methyl/N-ethyl adjacent to an activating group) is 1. The number of carbonyl (C=O) groups is 2. The first-order valence-electron chi connectivity index (χ1n) is 8.49. The van der Waals surface area contributed by atoms with Crippen LogP contribution < -0.4 is 5.32 Å². The lowest BCUT2D eigenvalue weighted by molar-refractivity contribution is -0.105. The number of rotatable bonds is 5. The van der Waals surface area contributed by atoms with Crippen LogP contribution in [0.2, 0.25) is 0 Å². The van der Waals surface area contributed by atoms with Gasteiger partial charge in [0.15, 0.2) is 6.29 Å². The van der Waals surface area contributed by atoms with E-state index in [0.29, 0.717) is 17.7 Å². The highest BCUT2D eigenvalue weighted by atomic mass is 19.1. The largest absolute Gasteiger partial charge is 0.375 e. The first kappa shape index (κ1) is 17.9. The summed E-state index contributed by atoms with van der Waals surface area (Å²) >= 11 is 0. The number of amides is 1. The molecule has 0 radical (unpaired) electrons. The van der Waals surface area contributed by atoms with E-state index in [0.717, 1.165) is 23.8 Å². The zero-order chi connectivity index (χ0) is 18.7. The van der Waals surface area contributed by atoms with Crippen molar-refractivity contribution in [3.05, 3.63) is 76.2 Å². The third-order valence-corrected chi connectivity index (χ3v) is 4.61. The van der Waals surface area contributed by atoms with Crippen molar-refractivity contribution in [1.29, 1.82) is 0 Å². The van der Waals surface area contributed by atoms with E-state index in [-0.39, 0.29) is 17.8 Å². The third-order valence-electron chi connectivity index (χ3n) is 4.61. The van der Waals surface area contributed by atoms with E-state index in [1.54, 1.807) is 4.90 Å². The van der Waals surface area contributed by atoms with E-state index in [9.17, 15) is 14.0 Å². The number of fused-ring (bicyclic) bond motifs is 1. The van der Waals surface area contributed by atoms with Gasteiger partial charge in [-0.25, -0.2) is 4.39 Å². The molecule has 0 spiro atoms. The van der Waals surface area contributed by atoms with Gasteiger partial charge in [0.1, 0.15) is 5.82 Å². The molecule has 134 valence electrons. The van der Waals surface area contributed by atoms with E-state index < -0.39 is 0 Å². The molecule has 1 N–H and O–H groups in total. The van der Waals surface area contributed by atoms with Crippen LogP contribution >= 0.6 is 0 Å². The van der Waals surface area contributed by atoms with Crippen LogP contribution in [0.4, 0.5) is 4.39 Å². The van der Waals surface area contributed by atoms with Crippen molar-refractivity contribution in [2.75, 3.05) is 14.1 Å². The Balaban J connectivity index is 1.77. The Morgan fingerprint density at radius 1 is 1.15 bits per heavy atom. The molecule has 2 aromatic rings. The van der Waals surface area contributed by atoms with Crippen LogP contribution in [0.25, 0.3) is 6.08 Å². The Bertz CT molecular complexity index is 857. The van der Waals surface area contributed by atoms with Crippen LogP contribution in [-0.2, 0) is 17.6 Å². The summed E-state index contributed by atoms with van der Waals surface area (Å²) in [6.07, 6.45) is 4.15. The fourth-order valence-electron chi connectivity index (χ4n) is 3.21. The molecule has 1 aliphatic rings. The molecule has 0 bridgehead atoms. The predicted octanol–water partition coefficient (Wildman–Crippen LogP) is 2.82. The van der Waals surface area contributed by atoms with Gasteiger partial charge in [-0.15, -0.1) is 0 Å². The summed E-state index contributed by atoms with van der Waals surface area (Å²) < 4.78 is 13.0. The minimum absolute atomic E-state index is 0.0175. The van der Waals surface area contributed by atoms with Gasteiger partial charge in [-0.05, 0) is 59.9 Å². The maximum atomic E-state index is 13.0. The van der Waals surface area contributed by atoms with Gasteiger partial charge in [-0.1, -0.05) is 18.2 Å². The second-order valence-electron chi connectivity index (χ2n) is 6.65. The fraction of sp³-hybridized carbons (Fsp3) is 0.238. The lowest BCUT2D eigenvalue weighted by atomic mass is 10.0. The third kappa shape index (κ3) is 3.82. The van der Waals surface area contributed by atoms with Gasteiger partial charge < -0.3 is 10.2 Å². The highest BCUT2D eigenvalue weighted by molar-refractivity contribution is 5.94. The SMILES string of the molecule is CN(C)C(C=O)=Cc1cccc2c1CC(NC(=O)c1ccc(F)cc1)C2. The lowest BCUT2D eigenvalue weighted by Crippen LogP contribution is -2.35. The average Bonchev–Trinajstić information content (AvgIpc) is 3.03.